The molecule has 0 unspecified atom stereocenters. The van der Waals surface area contributed by atoms with Crippen molar-refractivity contribution in [1.82, 2.24) is 5.32 Å². The Bertz CT molecular complexity index is 300. The maximum absolute atomic E-state index is 5.15. The molecule has 17 heavy (non-hydrogen) atoms. The lowest BCUT2D eigenvalue weighted by atomic mass is 10.1. The molecule has 0 aliphatic heterocycles. The van der Waals surface area contributed by atoms with Gasteiger partial charge >= 0.3 is 0 Å². The van der Waals surface area contributed by atoms with Crippen molar-refractivity contribution in [2.24, 2.45) is 0 Å². The molecule has 2 nitrogen and oxygen atoms in total. The second kappa shape index (κ2) is 8.43. The third-order valence-electron chi connectivity index (χ3n) is 2.74. The van der Waals surface area contributed by atoms with Gasteiger partial charge in [-0.1, -0.05) is 19.1 Å². The number of thioether (sulfide) groups is 1. The summed E-state index contributed by atoms with van der Waals surface area (Å²) in [5, 5.41) is 3.54. The summed E-state index contributed by atoms with van der Waals surface area (Å²) in [6.45, 7) is 5.49. The molecule has 1 aromatic rings. The third kappa shape index (κ3) is 5.46. The Morgan fingerprint density at radius 2 is 2.00 bits per heavy atom. The first-order valence-electron chi connectivity index (χ1n) is 6.23. The normalized spacial score (nSPS) is 12.4. The van der Waals surface area contributed by atoms with Crippen LogP contribution in [-0.4, -0.2) is 25.2 Å². The van der Waals surface area contributed by atoms with Crippen LogP contribution in [0.5, 0.6) is 5.75 Å². The molecule has 1 atom stereocenters. The molecule has 0 aromatic heterocycles. The van der Waals surface area contributed by atoms with Crippen LogP contribution in [0.15, 0.2) is 24.3 Å². The van der Waals surface area contributed by atoms with Crippen molar-refractivity contribution in [1.29, 1.82) is 0 Å². The van der Waals surface area contributed by atoms with E-state index in [0.29, 0.717) is 6.04 Å². The lowest BCUT2D eigenvalue weighted by Gasteiger charge is -2.14. The van der Waals surface area contributed by atoms with Crippen LogP contribution in [0, 0.1) is 0 Å². The minimum Gasteiger partial charge on any atom is -0.497 e. The molecule has 0 saturated carbocycles. The molecule has 0 amide bonds. The maximum Gasteiger partial charge on any atom is 0.118 e. The van der Waals surface area contributed by atoms with Crippen molar-refractivity contribution in [2.75, 3.05) is 25.2 Å². The smallest absolute Gasteiger partial charge is 0.118 e. The molecule has 1 N–H and O–H groups in total. The monoisotopic (exact) mass is 253 g/mol. The first-order chi connectivity index (χ1) is 8.27. The number of rotatable bonds is 8. The summed E-state index contributed by atoms with van der Waals surface area (Å²) >= 11 is 2.00. The van der Waals surface area contributed by atoms with Crippen LogP contribution in [0.3, 0.4) is 0 Å². The summed E-state index contributed by atoms with van der Waals surface area (Å²) in [7, 11) is 1.70. The molecule has 96 valence electrons. The van der Waals surface area contributed by atoms with Crippen LogP contribution in [-0.2, 0) is 0 Å². The van der Waals surface area contributed by atoms with Gasteiger partial charge in [-0.2, -0.15) is 11.8 Å². The lowest BCUT2D eigenvalue weighted by Crippen LogP contribution is -2.20. The highest BCUT2D eigenvalue weighted by Crippen LogP contribution is 2.17. The van der Waals surface area contributed by atoms with Gasteiger partial charge in [0.15, 0.2) is 0 Å². The predicted octanol–water partition coefficient (Wildman–Crippen LogP) is 3.49. The van der Waals surface area contributed by atoms with E-state index in [9.17, 15) is 0 Å². The zero-order valence-electron chi connectivity index (χ0n) is 11.0. The lowest BCUT2D eigenvalue weighted by molar-refractivity contribution is 0.414. The average molecular weight is 253 g/mol. The summed E-state index contributed by atoms with van der Waals surface area (Å²) in [4.78, 5) is 0. The molecule has 0 fully saturated rings. The molecule has 1 rings (SSSR count). The quantitative estimate of drug-likeness (QED) is 0.717. The SMILES string of the molecule is CCSCCCN[C@@H](C)c1ccc(OC)cc1. The van der Waals surface area contributed by atoms with Gasteiger partial charge in [0.25, 0.3) is 0 Å². The van der Waals surface area contributed by atoms with Gasteiger partial charge in [0, 0.05) is 6.04 Å². The molecule has 0 spiro atoms. The number of methoxy groups -OCH3 is 1. The standard InChI is InChI=1S/C14H23NOS/c1-4-17-11-5-10-15-12(2)13-6-8-14(16-3)9-7-13/h6-9,12,15H,4-5,10-11H2,1-3H3/t12-/m0/s1. The summed E-state index contributed by atoms with van der Waals surface area (Å²) in [5.41, 5.74) is 1.31. The Morgan fingerprint density at radius 3 is 2.59 bits per heavy atom. The van der Waals surface area contributed by atoms with Gasteiger partial charge in [-0.3, -0.25) is 0 Å². The van der Waals surface area contributed by atoms with Gasteiger partial charge in [-0.15, -0.1) is 0 Å². The van der Waals surface area contributed by atoms with E-state index in [1.54, 1.807) is 7.11 Å². The van der Waals surface area contributed by atoms with Crippen molar-refractivity contribution in [3.8, 4) is 5.75 Å². The molecule has 0 aliphatic rings. The van der Waals surface area contributed by atoms with Gasteiger partial charge in [-0.25, -0.2) is 0 Å². The summed E-state index contributed by atoms with van der Waals surface area (Å²) in [6.07, 6.45) is 1.24. The van der Waals surface area contributed by atoms with E-state index in [0.717, 1.165) is 12.3 Å². The Morgan fingerprint density at radius 1 is 1.29 bits per heavy atom. The van der Waals surface area contributed by atoms with Crippen LogP contribution in [0.2, 0.25) is 0 Å². The van der Waals surface area contributed by atoms with Crippen LogP contribution < -0.4 is 10.1 Å². The molecule has 0 radical (unpaired) electrons. The molecular weight excluding hydrogens is 230 g/mol. The van der Waals surface area contributed by atoms with Crippen LogP contribution in [0.25, 0.3) is 0 Å². The van der Waals surface area contributed by atoms with Crippen molar-refractivity contribution in [3.63, 3.8) is 0 Å². The number of hydrogen-bond acceptors (Lipinski definition) is 3. The molecule has 0 saturated heterocycles. The van der Waals surface area contributed by atoms with Crippen LogP contribution in [0.4, 0.5) is 0 Å². The maximum atomic E-state index is 5.15. The van der Waals surface area contributed by atoms with Gasteiger partial charge in [0.1, 0.15) is 5.75 Å². The number of ether oxygens (including phenoxy) is 1. The highest BCUT2D eigenvalue weighted by molar-refractivity contribution is 7.99. The van der Waals surface area contributed by atoms with Crippen molar-refractivity contribution in [2.45, 2.75) is 26.3 Å². The van der Waals surface area contributed by atoms with E-state index in [4.69, 9.17) is 4.74 Å². The predicted molar refractivity (Wildman–Crippen MR) is 77.0 cm³/mol. The third-order valence-corrected chi connectivity index (χ3v) is 3.72. The zero-order chi connectivity index (χ0) is 12.5. The Kier molecular flexibility index (Phi) is 7.13. The highest BCUT2D eigenvalue weighted by atomic mass is 32.2. The topological polar surface area (TPSA) is 21.3 Å². The highest BCUT2D eigenvalue weighted by Gasteiger charge is 2.03. The molecule has 0 bridgehead atoms. The van der Waals surface area contributed by atoms with Gasteiger partial charge < -0.3 is 10.1 Å². The second-order valence-electron chi connectivity index (χ2n) is 4.00. The van der Waals surface area contributed by atoms with Gasteiger partial charge in [0.2, 0.25) is 0 Å². The van der Waals surface area contributed by atoms with Crippen LogP contribution in [0.1, 0.15) is 31.9 Å². The molecular formula is C14H23NOS. The summed E-state index contributed by atoms with van der Waals surface area (Å²) < 4.78 is 5.15. The molecule has 1 aromatic carbocycles. The summed E-state index contributed by atoms with van der Waals surface area (Å²) in [5.74, 6) is 3.38. The summed E-state index contributed by atoms with van der Waals surface area (Å²) in [6, 6.07) is 8.68. The Balaban J connectivity index is 2.28. The second-order valence-corrected chi connectivity index (χ2v) is 5.39. The first kappa shape index (κ1) is 14.4. The fraction of sp³-hybridized carbons (Fsp3) is 0.571. The van der Waals surface area contributed by atoms with E-state index in [2.05, 4.69) is 31.3 Å². The van der Waals surface area contributed by atoms with Gasteiger partial charge in [0.05, 0.1) is 7.11 Å². The average Bonchev–Trinajstić information content (AvgIpc) is 2.38. The Hall–Kier alpha value is -0.670. The van der Waals surface area contributed by atoms with E-state index < -0.39 is 0 Å². The minimum absolute atomic E-state index is 0.410. The fourth-order valence-electron chi connectivity index (χ4n) is 1.65. The van der Waals surface area contributed by atoms with Crippen molar-refractivity contribution in [3.05, 3.63) is 29.8 Å². The molecule has 0 heterocycles. The Labute approximate surface area is 109 Å². The fourth-order valence-corrected chi connectivity index (χ4v) is 2.28. The van der Waals surface area contributed by atoms with Crippen LogP contribution >= 0.6 is 11.8 Å². The molecule has 3 heteroatoms. The van der Waals surface area contributed by atoms with Crippen molar-refractivity contribution < 1.29 is 4.74 Å². The van der Waals surface area contributed by atoms with Gasteiger partial charge in [-0.05, 0) is 49.1 Å². The van der Waals surface area contributed by atoms with E-state index in [1.165, 1.54) is 23.5 Å². The largest absolute Gasteiger partial charge is 0.497 e. The molecule has 0 aliphatic carbocycles. The number of benzene rings is 1. The minimum atomic E-state index is 0.410. The van der Waals surface area contributed by atoms with E-state index in [-0.39, 0.29) is 0 Å². The zero-order valence-corrected chi connectivity index (χ0v) is 11.8. The number of hydrogen-bond donors (Lipinski definition) is 1. The first-order valence-corrected chi connectivity index (χ1v) is 7.38. The van der Waals surface area contributed by atoms with E-state index >= 15 is 0 Å². The van der Waals surface area contributed by atoms with E-state index in [1.807, 2.05) is 23.9 Å². The van der Waals surface area contributed by atoms with Crippen molar-refractivity contribution >= 4 is 11.8 Å². The number of nitrogens with one attached hydrogen (secondary N) is 1.